The van der Waals surface area contributed by atoms with Gasteiger partial charge < -0.3 is 10.1 Å². The first-order valence-electron chi connectivity index (χ1n) is 6.81. The molecule has 0 radical (unpaired) electrons. The molecule has 6 heteroatoms. The van der Waals surface area contributed by atoms with Crippen molar-refractivity contribution < 1.29 is 9.53 Å². The normalized spacial score (nSPS) is 10.9. The highest BCUT2D eigenvalue weighted by Crippen LogP contribution is 2.14. The van der Waals surface area contributed by atoms with Gasteiger partial charge in [0.25, 0.3) is 5.91 Å². The lowest BCUT2D eigenvalue weighted by Gasteiger charge is -2.06. The Kier molecular flexibility index (Phi) is 5.48. The molecule has 0 aliphatic rings. The van der Waals surface area contributed by atoms with Crippen LogP contribution in [0.2, 0.25) is 0 Å². The Balaban J connectivity index is 1.82. The number of hydrogen-bond donors (Lipinski definition) is 2. The topological polar surface area (TPSA) is 75.6 Å². The first kappa shape index (κ1) is 15.5. The van der Waals surface area contributed by atoms with E-state index in [0.717, 1.165) is 17.1 Å². The van der Waals surface area contributed by atoms with E-state index in [0.29, 0.717) is 5.71 Å². The highest BCUT2D eigenvalue weighted by molar-refractivity contribution is 5.97. The zero-order valence-electron chi connectivity index (χ0n) is 12.5. The first-order chi connectivity index (χ1) is 10.7. The summed E-state index contributed by atoms with van der Waals surface area (Å²) in [5, 5.41) is 7.04. The van der Waals surface area contributed by atoms with Crippen LogP contribution in [0.5, 0.6) is 5.75 Å². The fourth-order valence-corrected chi connectivity index (χ4v) is 1.71. The van der Waals surface area contributed by atoms with Crippen molar-refractivity contribution in [1.82, 2.24) is 10.4 Å². The van der Waals surface area contributed by atoms with E-state index in [1.54, 1.807) is 20.2 Å². The molecule has 0 spiro atoms. The molecule has 0 unspecified atom stereocenters. The van der Waals surface area contributed by atoms with Gasteiger partial charge in [-0.1, -0.05) is 6.07 Å². The van der Waals surface area contributed by atoms with Crippen molar-refractivity contribution in [2.24, 2.45) is 5.10 Å². The minimum atomic E-state index is -0.230. The number of hydrazone groups is 1. The number of carbonyl (C=O) groups is 1. The van der Waals surface area contributed by atoms with Gasteiger partial charge >= 0.3 is 0 Å². The average molecular weight is 298 g/mol. The predicted octanol–water partition coefficient (Wildman–Crippen LogP) is 2.04. The maximum Gasteiger partial charge on any atom is 0.259 e. The molecular weight excluding hydrogens is 280 g/mol. The van der Waals surface area contributed by atoms with Crippen LogP contribution in [0.25, 0.3) is 0 Å². The first-order valence-corrected chi connectivity index (χ1v) is 6.81. The van der Waals surface area contributed by atoms with Gasteiger partial charge in [0.05, 0.1) is 25.1 Å². The molecule has 1 amide bonds. The number of nitrogens with one attached hydrogen (secondary N) is 2. The van der Waals surface area contributed by atoms with Crippen LogP contribution in [0, 0.1) is 0 Å². The van der Waals surface area contributed by atoms with E-state index in [1.165, 1.54) is 0 Å². The number of methoxy groups -OCH3 is 1. The van der Waals surface area contributed by atoms with E-state index in [4.69, 9.17) is 4.74 Å². The summed E-state index contributed by atoms with van der Waals surface area (Å²) in [6.45, 7) is 1.92. The van der Waals surface area contributed by atoms with Crippen molar-refractivity contribution in [3.05, 3.63) is 54.4 Å². The second-order valence-electron chi connectivity index (χ2n) is 4.53. The molecule has 2 rings (SSSR count). The molecule has 1 aromatic heterocycles. The predicted molar refractivity (Wildman–Crippen MR) is 86.1 cm³/mol. The summed E-state index contributed by atoms with van der Waals surface area (Å²) < 4.78 is 5.07. The molecule has 0 saturated carbocycles. The maximum atomic E-state index is 11.7. The van der Waals surface area contributed by atoms with E-state index >= 15 is 0 Å². The van der Waals surface area contributed by atoms with Crippen molar-refractivity contribution in [2.75, 3.05) is 19.0 Å². The summed E-state index contributed by atoms with van der Waals surface area (Å²) in [5.41, 5.74) is 4.71. The standard InChI is InChI=1S/C16H18N4O2/c1-12(15-5-3-4-10-17-15)19-20-16(21)11-18-13-6-8-14(22-2)9-7-13/h3-10,18H,11H2,1-2H3,(H,20,21). The van der Waals surface area contributed by atoms with E-state index < -0.39 is 0 Å². The fourth-order valence-electron chi connectivity index (χ4n) is 1.71. The third kappa shape index (κ3) is 4.59. The van der Waals surface area contributed by atoms with Gasteiger partial charge in [-0.2, -0.15) is 5.10 Å². The van der Waals surface area contributed by atoms with Crippen LogP contribution in [-0.4, -0.2) is 30.3 Å². The number of carbonyl (C=O) groups excluding carboxylic acids is 1. The summed E-state index contributed by atoms with van der Waals surface area (Å²) in [4.78, 5) is 15.9. The summed E-state index contributed by atoms with van der Waals surface area (Å²) in [6, 6.07) is 12.9. The lowest BCUT2D eigenvalue weighted by molar-refractivity contribution is -0.119. The van der Waals surface area contributed by atoms with Crippen molar-refractivity contribution in [2.45, 2.75) is 6.92 Å². The number of nitrogens with zero attached hydrogens (tertiary/aromatic N) is 2. The Labute approximate surface area is 129 Å². The summed E-state index contributed by atoms with van der Waals surface area (Å²) in [7, 11) is 1.61. The van der Waals surface area contributed by atoms with Gasteiger partial charge in [-0.05, 0) is 43.3 Å². The number of anilines is 1. The monoisotopic (exact) mass is 298 g/mol. The largest absolute Gasteiger partial charge is 0.497 e. The molecule has 0 saturated heterocycles. The highest BCUT2D eigenvalue weighted by Gasteiger charge is 2.02. The van der Waals surface area contributed by atoms with Crippen LogP contribution in [-0.2, 0) is 4.79 Å². The van der Waals surface area contributed by atoms with Crippen LogP contribution in [0.3, 0.4) is 0 Å². The summed E-state index contributed by atoms with van der Waals surface area (Å²) in [6.07, 6.45) is 1.68. The van der Waals surface area contributed by atoms with Gasteiger partial charge in [-0.25, -0.2) is 5.43 Å². The van der Waals surface area contributed by atoms with Crippen molar-refractivity contribution in [3.8, 4) is 5.75 Å². The Morgan fingerprint density at radius 2 is 2.00 bits per heavy atom. The van der Waals surface area contributed by atoms with Crippen LogP contribution in [0.4, 0.5) is 5.69 Å². The number of pyridine rings is 1. The molecule has 0 atom stereocenters. The molecule has 114 valence electrons. The Hall–Kier alpha value is -2.89. The fraction of sp³-hybridized carbons (Fsp3) is 0.188. The molecule has 1 heterocycles. The highest BCUT2D eigenvalue weighted by atomic mass is 16.5. The van der Waals surface area contributed by atoms with E-state index in [-0.39, 0.29) is 12.5 Å². The van der Waals surface area contributed by atoms with Gasteiger partial charge in [0.2, 0.25) is 0 Å². The van der Waals surface area contributed by atoms with E-state index in [1.807, 2.05) is 42.5 Å². The maximum absolute atomic E-state index is 11.7. The van der Waals surface area contributed by atoms with Crippen molar-refractivity contribution in [1.29, 1.82) is 0 Å². The van der Waals surface area contributed by atoms with Gasteiger partial charge in [0.15, 0.2) is 0 Å². The Bertz CT molecular complexity index is 639. The van der Waals surface area contributed by atoms with Gasteiger partial charge in [-0.15, -0.1) is 0 Å². The minimum absolute atomic E-state index is 0.130. The Morgan fingerprint density at radius 3 is 2.64 bits per heavy atom. The number of rotatable bonds is 6. The van der Waals surface area contributed by atoms with Crippen molar-refractivity contribution >= 4 is 17.3 Å². The third-order valence-electron chi connectivity index (χ3n) is 2.93. The number of hydrogen-bond acceptors (Lipinski definition) is 5. The molecule has 0 fully saturated rings. The molecule has 22 heavy (non-hydrogen) atoms. The summed E-state index contributed by atoms with van der Waals surface area (Å²) >= 11 is 0. The molecule has 6 nitrogen and oxygen atoms in total. The van der Waals surface area contributed by atoms with Gasteiger partial charge in [0.1, 0.15) is 5.75 Å². The average Bonchev–Trinajstić information content (AvgIpc) is 2.59. The van der Waals surface area contributed by atoms with Crippen molar-refractivity contribution in [3.63, 3.8) is 0 Å². The number of ether oxygens (including phenoxy) is 1. The lowest BCUT2D eigenvalue weighted by atomic mass is 10.3. The van der Waals surface area contributed by atoms with Gasteiger partial charge in [-0.3, -0.25) is 9.78 Å². The van der Waals surface area contributed by atoms with Crippen LogP contribution in [0.1, 0.15) is 12.6 Å². The quantitative estimate of drug-likeness (QED) is 0.632. The lowest BCUT2D eigenvalue weighted by Crippen LogP contribution is -2.26. The molecule has 2 aromatic rings. The minimum Gasteiger partial charge on any atom is -0.497 e. The molecule has 0 aliphatic heterocycles. The molecule has 1 aromatic carbocycles. The smallest absolute Gasteiger partial charge is 0.259 e. The zero-order valence-corrected chi connectivity index (χ0v) is 12.5. The third-order valence-corrected chi connectivity index (χ3v) is 2.93. The number of aromatic nitrogens is 1. The second kappa shape index (κ2) is 7.78. The number of amides is 1. The van der Waals surface area contributed by atoms with Crippen LogP contribution in [0.15, 0.2) is 53.8 Å². The Morgan fingerprint density at radius 1 is 1.23 bits per heavy atom. The molecule has 0 bridgehead atoms. The van der Waals surface area contributed by atoms with E-state index in [2.05, 4.69) is 20.8 Å². The number of benzene rings is 1. The zero-order chi connectivity index (χ0) is 15.8. The SMILES string of the molecule is COc1ccc(NCC(=O)NN=C(C)c2ccccn2)cc1. The van der Waals surface area contributed by atoms with Crippen LogP contribution >= 0.6 is 0 Å². The second-order valence-corrected chi connectivity index (χ2v) is 4.53. The van der Waals surface area contributed by atoms with Crippen LogP contribution < -0.4 is 15.5 Å². The molecule has 2 N–H and O–H groups in total. The van der Waals surface area contributed by atoms with E-state index in [9.17, 15) is 4.79 Å². The molecule has 0 aliphatic carbocycles. The summed E-state index contributed by atoms with van der Waals surface area (Å²) in [5.74, 6) is 0.539. The van der Waals surface area contributed by atoms with Gasteiger partial charge in [0, 0.05) is 11.9 Å². The molecular formula is C16H18N4O2.